The smallest absolute Gasteiger partial charge is 0.0812 e. The van der Waals surface area contributed by atoms with Crippen molar-refractivity contribution in [2.24, 2.45) is 9.98 Å². The van der Waals surface area contributed by atoms with Gasteiger partial charge in [0.05, 0.1) is 23.3 Å². The standard InChI is InChI=1S/C19H16N4.4BrH.2Cu/c1-3-12-20-16(5-1)11-14-22-17-7-9-18(10-8-17)23-15-19-6-2-4-13-21-19;;;;;;/h1-10,12-15H,11H2;4*1H;;. The van der Waals surface area contributed by atoms with Crippen molar-refractivity contribution in [1.29, 1.82) is 0 Å². The van der Waals surface area contributed by atoms with E-state index in [4.69, 9.17) is 0 Å². The molecule has 0 aliphatic heterocycles. The van der Waals surface area contributed by atoms with Crippen LogP contribution < -0.4 is 0 Å². The summed E-state index contributed by atoms with van der Waals surface area (Å²) in [5.41, 5.74) is 3.62. The van der Waals surface area contributed by atoms with Crippen LogP contribution in [-0.4, -0.2) is 22.4 Å². The zero-order chi connectivity index (χ0) is 15.7. The van der Waals surface area contributed by atoms with Gasteiger partial charge in [-0.3, -0.25) is 20.0 Å². The number of aromatic nitrogens is 2. The van der Waals surface area contributed by atoms with Gasteiger partial charge >= 0.3 is 0 Å². The predicted molar refractivity (Wildman–Crippen MR) is 135 cm³/mol. The summed E-state index contributed by atoms with van der Waals surface area (Å²) in [6.45, 7) is 0. The number of halogens is 4. The first-order valence-electron chi connectivity index (χ1n) is 7.38. The number of pyridine rings is 2. The quantitative estimate of drug-likeness (QED) is 0.222. The van der Waals surface area contributed by atoms with E-state index in [2.05, 4.69) is 20.0 Å². The van der Waals surface area contributed by atoms with Crippen LogP contribution in [0.2, 0.25) is 0 Å². The fourth-order valence-electron chi connectivity index (χ4n) is 1.98. The van der Waals surface area contributed by atoms with Gasteiger partial charge in [-0.2, -0.15) is 0 Å². The van der Waals surface area contributed by atoms with Crippen LogP contribution in [0.25, 0.3) is 0 Å². The summed E-state index contributed by atoms with van der Waals surface area (Å²) in [6.07, 6.45) is 7.88. The van der Waals surface area contributed by atoms with Crippen LogP contribution in [0.1, 0.15) is 11.4 Å². The molecule has 166 valence electrons. The van der Waals surface area contributed by atoms with Crippen molar-refractivity contribution < 1.29 is 34.1 Å². The first-order valence-corrected chi connectivity index (χ1v) is 7.38. The maximum absolute atomic E-state index is 4.43. The van der Waals surface area contributed by atoms with Crippen LogP contribution in [0.5, 0.6) is 0 Å². The molecule has 2 heterocycles. The van der Waals surface area contributed by atoms with E-state index in [-0.39, 0.29) is 102 Å². The SMILES string of the molecule is Br.Br.Br.Br.C(Cc1ccccn1)=Nc1ccc(N=Cc2ccccn2)cc1.[Cu].[Cu]. The van der Waals surface area contributed by atoms with E-state index in [1.807, 2.05) is 66.9 Å². The molecule has 0 unspecified atom stereocenters. The fraction of sp³-hybridized carbons (Fsp3) is 0.0526. The number of hydrogen-bond donors (Lipinski definition) is 0. The maximum atomic E-state index is 4.43. The fourth-order valence-corrected chi connectivity index (χ4v) is 1.98. The Balaban J connectivity index is -0.000000521. The molecule has 0 saturated carbocycles. The van der Waals surface area contributed by atoms with Crippen molar-refractivity contribution in [2.45, 2.75) is 6.42 Å². The van der Waals surface area contributed by atoms with Gasteiger partial charge in [0.1, 0.15) is 0 Å². The van der Waals surface area contributed by atoms with Gasteiger partial charge < -0.3 is 0 Å². The van der Waals surface area contributed by atoms with Crippen LogP contribution in [0.3, 0.4) is 0 Å². The van der Waals surface area contributed by atoms with Gasteiger partial charge in [-0.1, -0.05) is 12.1 Å². The molecule has 29 heavy (non-hydrogen) atoms. The summed E-state index contributed by atoms with van der Waals surface area (Å²) in [6, 6.07) is 19.4. The van der Waals surface area contributed by atoms with Crippen LogP contribution >= 0.6 is 67.9 Å². The Morgan fingerprint density at radius 1 is 0.655 bits per heavy atom. The average Bonchev–Trinajstić information content (AvgIpc) is 2.63. The van der Waals surface area contributed by atoms with Gasteiger partial charge in [-0.25, -0.2) is 0 Å². The summed E-state index contributed by atoms with van der Waals surface area (Å²) in [5.74, 6) is 0. The predicted octanol–water partition coefficient (Wildman–Crippen LogP) is 6.48. The molecule has 10 heteroatoms. The maximum Gasteiger partial charge on any atom is 0.0812 e. The number of hydrogen-bond acceptors (Lipinski definition) is 4. The Morgan fingerprint density at radius 3 is 1.72 bits per heavy atom. The van der Waals surface area contributed by atoms with Gasteiger partial charge in [-0.05, 0) is 48.5 Å². The summed E-state index contributed by atoms with van der Waals surface area (Å²) in [4.78, 5) is 17.3. The molecular weight excluding hydrogens is 731 g/mol. The largest absolute Gasteiger partial charge is 0.261 e. The van der Waals surface area contributed by atoms with E-state index in [1.54, 1.807) is 18.6 Å². The van der Waals surface area contributed by atoms with Crippen molar-refractivity contribution in [3.63, 3.8) is 0 Å². The molecule has 0 fully saturated rings. The second-order valence-corrected chi connectivity index (χ2v) is 4.87. The van der Waals surface area contributed by atoms with Crippen LogP contribution in [-0.2, 0) is 40.6 Å². The average molecular weight is 751 g/mol. The van der Waals surface area contributed by atoms with E-state index < -0.39 is 0 Å². The molecule has 0 N–H and O–H groups in total. The molecule has 1 aromatic carbocycles. The second-order valence-electron chi connectivity index (χ2n) is 4.87. The number of aliphatic imine (C=N–C) groups is 2. The number of rotatable bonds is 5. The van der Waals surface area contributed by atoms with Crippen molar-refractivity contribution >= 4 is 91.7 Å². The third kappa shape index (κ3) is 13.7. The van der Waals surface area contributed by atoms with E-state index >= 15 is 0 Å². The molecule has 2 radical (unpaired) electrons. The molecular formula is C19H20Br4Cu2N4. The molecule has 0 bridgehead atoms. The Hall–Kier alpha value is -0.181. The zero-order valence-electron chi connectivity index (χ0n) is 14.8. The molecule has 0 aliphatic carbocycles. The normalized spacial score (nSPS) is 8.97. The summed E-state index contributed by atoms with van der Waals surface area (Å²) < 4.78 is 0. The van der Waals surface area contributed by atoms with Gasteiger partial charge in [0.2, 0.25) is 0 Å². The van der Waals surface area contributed by atoms with Crippen LogP contribution in [0, 0.1) is 0 Å². The van der Waals surface area contributed by atoms with E-state index in [9.17, 15) is 0 Å². The zero-order valence-corrected chi connectivity index (χ0v) is 23.6. The van der Waals surface area contributed by atoms with Gasteiger partial charge in [0.25, 0.3) is 0 Å². The Kier molecular flexibility index (Phi) is 26.3. The minimum atomic E-state index is 0. The molecule has 0 saturated heterocycles. The number of nitrogens with zero attached hydrogens (tertiary/aromatic N) is 4. The summed E-state index contributed by atoms with van der Waals surface area (Å²) in [5, 5.41) is 0. The third-order valence-corrected chi connectivity index (χ3v) is 3.15. The first kappa shape index (κ1) is 36.2. The van der Waals surface area contributed by atoms with Crippen molar-refractivity contribution in [2.75, 3.05) is 0 Å². The minimum absolute atomic E-state index is 0. The molecule has 3 rings (SSSR count). The van der Waals surface area contributed by atoms with Crippen LogP contribution in [0.4, 0.5) is 11.4 Å². The molecule has 0 atom stereocenters. The molecule has 4 nitrogen and oxygen atoms in total. The van der Waals surface area contributed by atoms with Gasteiger partial charge in [0.15, 0.2) is 0 Å². The third-order valence-electron chi connectivity index (χ3n) is 3.15. The molecule has 2 aromatic heterocycles. The molecule has 3 aromatic rings. The Bertz CT molecular complexity index is 805. The summed E-state index contributed by atoms with van der Waals surface area (Å²) in [7, 11) is 0. The molecule has 0 aliphatic rings. The van der Waals surface area contributed by atoms with Crippen molar-refractivity contribution in [3.05, 3.63) is 84.4 Å². The molecule has 0 amide bonds. The van der Waals surface area contributed by atoms with Crippen molar-refractivity contribution in [1.82, 2.24) is 9.97 Å². The molecule has 0 spiro atoms. The number of benzene rings is 1. The second kappa shape index (κ2) is 21.1. The van der Waals surface area contributed by atoms with Crippen molar-refractivity contribution in [3.8, 4) is 0 Å². The van der Waals surface area contributed by atoms with Crippen LogP contribution in [0.15, 0.2) is 83.0 Å². The summed E-state index contributed by atoms with van der Waals surface area (Å²) >= 11 is 0. The van der Waals surface area contributed by atoms with E-state index in [0.29, 0.717) is 0 Å². The topological polar surface area (TPSA) is 50.5 Å². The monoisotopic (exact) mass is 746 g/mol. The van der Waals surface area contributed by atoms with Gasteiger partial charge in [0, 0.05) is 64.9 Å². The van der Waals surface area contributed by atoms with E-state index in [1.165, 1.54) is 0 Å². The van der Waals surface area contributed by atoms with Gasteiger partial charge in [-0.15, -0.1) is 67.9 Å². The first-order chi connectivity index (χ1) is 11.4. The Labute approximate surface area is 234 Å². The Morgan fingerprint density at radius 2 is 1.21 bits per heavy atom. The minimum Gasteiger partial charge on any atom is -0.261 e. The van der Waals surface area contributed by atoms with E-state index in [0.717, 1.165) is 29.2 Å².